The first-order valence-corrected chi connectivity index (χ1v) is 6.03. The number of hydrogen-bond acceptors (Lipinski definition) is 3. The Morgan fingerprint density at radius 1 is 1.50 bits per heavy atom. The van der Waals surface area contributed by atoms with Crippen molar-refractivity contribution < 1.29 is 4.79 Å². The molecular weight excluding hydrogens is 226 g/mol. The predicted octanol–water partition coefficient (Wildman–Crippen LogP) is 1.42. The van der Waals surface area contributed by atoms with Gasteiger partial charge in [-0.1, -0.05) is 18.2 Å². The molecule has 1 atom stereocenters. The van der Waals surface area contributed by atoms with Crippen molar-refractivity contribution in [2.24, 2.45) is 11.7 Å². The molecule has 1 unspecified atom stereocenters. The molecule has 0 saturated heterocycles. The van der Waals surface area contributed by atoms with Crippen LogP contribution in [-0.4, -0.2) is 30.9 Å². The lowest BCUT2D eigenvalue weighted by Crippen LogP contribution is -2.31. The van der Waals surface area contributed by atoms with Gasteiger partial charge in [0.25, 0.3) is 5.91 Å². The number of hydrogen-bond donors (Lipinski definition) is 1. The van der Waals surface area contributed by atoms with Gasteiger partial charge in [-0.2, -0.15) is 5.26 Å². The highest BCUT2D eigenvalue weighted by atomic mass is 16.2. The molecule has 1 aromatic carbocycles. The second-order valence-electron chi connectivity index (χ2n) is 4.41. The van der Waals surface area contributed by atoms with E-state index in [9.17, 15) is 4.79 Å². The summed E-state index contributed by atoms with van der Waals surface area (Å²) in [6, 6.07) is 9.60. The first-order chi connectivity index (χ1) is 8.60. The average Bonchev–Trinajstić information content (AvgIpc) is 2.38. The zero-order chi connectivity index (χ0) is 13.5. The van der Waals surface area contributed by atoms with Crippen LogP contribution in [0.4, 0.5) is 0 Å². The third-order valence-electron chi connectivity index (χ3n) is 2.78. The van der Waals surface area contributed by atoms with Crippen LogP contribution in [0.2, 0.25) is 0 Å². The summed E-state index contributed by atoms with van der Waals surface area (Å²) in [6.45, 7) is 2.75. The van der Waals surface area contributed by atoms with Gasteiger partial charge in [0.1, 0.15) is 0 Å². The number of carbonyl (C=O) groups excluding carboxylic acids is 1. The van der Waals surface area contributed by atoms with Crippen LogP contribution in [0.25, 0.3) is 0 Å². The highest BCUT2D eigenvalue weighted by Gasteiger charge is 2.16. The Labute approximate surface area is 108 Å². The van der Waals surface area contributed by atoms with Gasteiger partial charge >= 0.3 is 0 Å². The largest absolute Gasteiger partial charge is 0.340 e. The normalized spacial score (nSPS) is 11.7. The van der Waals surface area contributed by atoms with Crippen LogP contribution in [0.1, 0.15) is 22.8 Å². The number of nitrogens with two attached hydrogens (primary N) is 1. The molecule has 0 aromatic heterocycles. The molecule has 1 aromatic rings. The van der Waals surface area contributed by atoms with E-state index >= 15 is 0 Å². The minimum Gasteiger partial charge on any atom is -0.340 e. The van der Waals surface area contributed by atoms with Crippen LogP contribution in [0.15, 0.2) is 24.3 Å². The van der Waals surface area contributed by atoms with Crippen LogP contribution >= 0.6 is 0 Å². The van der Waals surface area contributed by atoms with Crippen molar-refractivity contribution in [1.82, 2.24) is 4.90 Å². The maximum absolute atomic E-state index is 12.3. The molecule has 1 amide bonds. The zero-order valence-electron chi connectivity index (χ0n) is 10.9. The zero-order valence-corrected chi connectivity index (χ0v) is 10.9. The number of nitriles is 1. The Morgan fingerprint density at radius 2 is 2.17 bits per heavy atom. The summed E-state index contributed by atoms with van der Waals surface area (Å²) >= 11 is 0. The van der Waals surface area contributed by atoms with Crippen LogP contribution < -0.4 is 5.73 Å². The molecule has 0 radical (unpaired) electrons. The van der Waals surface area contributed by atoms with Crippen LogP contribution in [0, 0.1) is 17.2 Å². The van der Waals surface area contributed by atoms with Gasteiger partial charge in [0.05, 0.1) is 12.0 Å². The van der Waals surface area contributed by atoms with Gasteiger partial charge in [-0.05, 0) is 31.5 Å². The lowest BCUT2D eigenvalue weighted by Gasteiger charge is -2.19. The monoisotopic (exact) mass is 245 g/mol. The molecule has 4 heteroatoms. The van der Waals surface area contributed by atoms with Crippen molar-refractivity contribution in [3.05, 3.63) is 35.4 Å². The van der Waals surface area contributed by atoms with Crippen LogP contribution in [0.5, 0.6) is 0 Å². The van der Waals surface area contributed by atoms with Crippen LogP contribution in [0.3, 0.4) is 0 Å². The van der Waals surface area contributed by atoms with Gasteiger partial charge in [0, 0.05) is 19.2 Å². The molecule has 2 N–H and O–H groups in total. The summed E-state index contributed by atoms with van der Waals surface area (Å²) in [7, 11) is 1.72. The van der Waals surface area contributed by atoms with E-state index in [4.69, 9.17) is 11.0 Å². The highest BCUT2D eigenvalue weighted by Crippen LogP contribution is 2.12. The molecule has 96 valence electrons. The Morgan fingerprint density at radius 3 is 2.78 bits per heavy atom. The molecule has 0 saturated carbocycles. The minimum absolute atomic E-state index is 0.0545. The molecule has 18 heavy (non-hydrogen) atoms. The smallest absolute Gasteiger partial charge is 0.253 e. The maximum Gasteiger partial charge on any atom is 0.253 e. The Balaban J connectivity index is 2.86. The van der Waals surface area contributed by atoms with Gasteiger partial charge < -0.3 is 10.6 Å². The van der Waals surface area contributed by atoms with E-state index < -0.39 is 0 Å². The lowest BCUT2D eigenvalue weighted by molar-refractivity contribution is 0.0784. The van der Waals surface area contributed by atoms with Gasteiger partial charge in [-0.3, -0.25) is 4.79 Å². The Hall–Kier alpha value is -1.86. The standard InChI is InChI=1S/C14H19N3O/c1-11(9-16)10-17(2)14(18)13-6-4-3-5-12(13)7-8-15/h3-6,11H,7-8,10,15H2,1-2H3. The van der Waals surface area contributed by atoms with Crippen molar-refractivity contribution in [1.29, 1.82) is 5.26 Å². The third-order valence-corrected chi connectivity index (χ3v) is 2.78. The summed E-state index contributed by atoms with van der Waals surface area (Å²) in [5.74, 6) is -0.221. The fourth-order valence-electron chi connectivity index (χ4n) is 1.84. The minimum atomic E-state index is -0.166. The van der Waals surface area contributed by atoms with Crippen molar-refractivity contribution in [3.63, 3.8) is 0 Å². The molecule has 0 aliphatic heterocycles. The van der Waals surface area contributed by atoms with E-state index in [0.717, 1.165) is 5.56 Å². The predicted molar refractivity (Wildman–Crippen MR) is 70.9 cm³/mol. The molecular formula is C14H19N3O. The van der Waals surface area contributed by atoms with Crippen molar-refractivity contribution >= 4 is 5.91 Å². The van der Waals surface area contributed by atoms with Gasteiger partial charge in [0.2, 0.25) is 0 Å². The highest BCUT2D eigenvalue weighted by molar-refractivity contribution is 5.95. The maximum atomic E-state index is 12.3. The van der Waals surface area contributed by atoms with Crippen LogP contribution in [-0.2, 0) is 6.42 Å². The summed E-state index contributed by atoms with van der Waals surface area (Å²) in [4.78, 5) is 13.9. The lowest BCUT2D eigenvalue weighted by atomic mass is 10.0. The van der Waals surface area contributed by atoms with Gasteiger partial charge in [-0.15, -0.1) is 0 Å². The summed E-state index contributed by atoms with van der Waals surface area (Å²) in [5.41, 5.74) is 7.18. The quantitative estimate of drug-likeness (QED) is 0.852. The van der Waals surface area contributed by atoms with Crippen molar-refractivity contribution in [3.8, 4) is 6.07 Å². The number of rotatable bonds is 5. The second kappa shape index (κ2) is 6.77. The van der Waals surface area contributed by atoms with E-state index in [1.165, 1.54) is 0 Å². The van der Waals surface area contributed by atoms with E-state index in [1.807, 2.05) is 18.2 Å². The van der Waals surface area contributed by atoms with E-state index in [2.05, 4.69) is 6.07 Å². The molecule has 0 bridgehead atoms. The average molecular weight is 245 g/mol. The van der Waals surface area contributed by atoms with E-state index in [-0.39, 0.29) is 11.8 Å². The fourth-order valence-corrected chi connectivity index (χ4v) is 1.84. The van der Waals surface area contributed by atoms with E-state index in [1.54, 1.807) is 24.9 Å². The Bertz CT molecular complexity index is 451. The van der Waals surface area contributed by atoms with Crippen molar-refractivity contribution in [2.75, 3.05) is 20.1 Å². The summed E-state index contributed by atoms with van der Waals surface area (Å²) in [5, 5.41) is 8.77. The Kier molecular flexibility index (Phi) is 5.34. The van der Waals surface area contributed by atoms with E-state index in [0.29, 0.717) is 25.1 Å². The molecule has 0 spiro atoms. The molecule has 0 aliphatic carbocycles. The first-order valence-electron chi connectivity index (χ1n) is 6.03. The van der Waals surface area contributed by atoms with Crippen molar-refractivity contribution in [2.45, 2.75) is 13.3 Å². The first kappa shape index (κ1) is 14.2. The summed E-state index contributed by atoms with van der Waals surface area (Å²) < 4.78 is 0. The second-order valence-corrected chi connectivity index (χ2v) is 4.41. The molecule has 4 nitrogen and oxygen atoms in total. The van der Waals surface area contributed by atoms with Gasteiger partial charge in [-0.25, -0.2) is 0 Å². The molecule has 0 heterocycles. The molecule has 0 fully saturated rings. The molecule has 0 aliphatic rings. The van der Waals surface area contributed by atoms with Gasteiger partial charge in [0.15, 0.2) is 0 Å². The number of benzene rings is 1. The summed E-state index contributed by atoms with van der Waals surface area (Å²) in [6.07, 6.45) is 0.684. The number of carbonyl (C=O) groups is 1. The fraction of sp³-hybridized carbons (Fsp3) is 0.429. The topological polar surface area (TPSA) is 70.1 Å². The number of nitrogens with zero attached hydrogens (tertiary/aromatic N) is 2. The molecule has 1 rings (SSSR count). The number of amides is 1. The SMILES string of the molecule is CC(C#N)CN(C)C(=O)c1ccccc1CCN. The third kappa shape index (κ3) is 3.57.